The van der Waals surface area contributed by atoms with E-state index in [-0.39, 0.29) is 12.4 Å². The third-order valence-corrected chi connectivity index (χ3v) is 3.30. The molecule has 0 fully saturated rings. The molecular weight excluding hydrogens is 260 g/mol. The Morgan fingerprint density at radius 1 is 1.40 bits per heavy atom. The van der Waals surface area contributed by atoms with Gasteiger partial charge in [0.15, 0.2) is 0 Å². The third kappa shape index (κ3) is 2.72. The molecular formula is C11H13BrO3. The molecule has 0 aliphatic rings. The van der Waals surface area contributed by atoms with E-state index in [0.29, 0.717) is 0 Å². The molecule has 1 aromatic rings. The van der Waals surface area contributed by atoms with Gasteiger partial charge < -0.3 is 9.47 Å². The van der Waals surface area contributed by atoms with Crippen LogP contribution in [-0.2, 0) is 16.0 Å². The Morgan fingerprint density at radius 2 is 2.07 bits per heavy atom. The van der Waals surface area contributed by atoms with E-state index in [9.17, 15) is 4.79 Å². The molecule has 3 nitrogen and oxygen atoms in total. The first kappa shape index (κ1) is 12.0. The van der Waals surface area contributed by atoms with Gasteiger partial charge in [-0.05, 0) is 18.6 Å². The first-order valence-electron chi connectivity index (χ1n) is 4.49. The number of benzene rings is 1. The summed E-state index contributed by atoms with van der Waals surface area (Å²) in [6.45, 7) is 1.93. The highest BCUT2D eigenvalue weighted by atomic mass is 79.9. The second-order valence-electron chi connectivity index (χ2n) is 3.12. The fraction of sp³-hybridized carbons (Fsp3) is 0.364. The molecule has 4 heteroatoms. The minimum atomic E-state index is -0.250. The van der Waals surface area contributed by atoms with Gasteiger partial charge in [0.25, 0.3) is 0 Å². The van der Waals surface area contributed by atoms with E-state index >= 15 is 0 Å². The van der Waals surface area contributed by atoms with Gasteiger partial charge in [-0.3, -0.25) is 4.79 Å². The average Bonchev–Trinajstić information content (AvgIpc) is 2.25. The maximum absolute atomic E-state index is 11.1. The second-order valence-corrected chi connectivity index (χ2v) is 3.91. The van der Waals surface area contributed by atoms with Crippen molar-refractivity contribution in [2.45, 2.75) is 13.3 Å². The summed E-state index contributed by atoms with van der Waals surface area (Å²) in [5, 5.41) is 0. The molecule has 15 heavy (non-hydrogen) atoms. The van der Waals surface area contributed by atoms with Crippen LogP contribution in [0.15, 0.2) is 16.6 Å². The number of esters is 1. The van der Waals surface area contributed by atoms with Crippen LogP contribution >= 0.6 is 15.9 Å². The molecule has 0 unspecified atom stereocenters. The molecule has 1 aromatic carbocycles. The molecule has 0 spiro atoms. The van der Waals surface area contributed by atoms with Crippen LogP contribution in [-0.4, -0.2) is 20.2 Å². The normalized spacial score (nSPS) is 9.87. The number of hydrogen-bond donors (Lipinski definition) is 0. The van der Waals surface area contributed by atoms with Crippen molar-refractivity contribution in [3.63, 3.8) is 0 Å². The summed E-state index contributed by atoms with van der Waals surface area (Å²) in [5.41, 5.74) is 1.89. The van der Waals surface area contributed by atoms with Crippen LogP contribution in [0.25, 0.3) is 0 Å². The molecule has 82 valence electrons. The number of hydrogen-bond acceptors (Lipinski definition) is 3. The molecule has 0 heterocycles. The highest BCUT2D eigenvalue weighted by Crippen LogP contribution is 2.29. The Bertz CT molecular complexity index is 374. The van der Waals surface area contributed by atoms with E-state index in [1.54, 1.807) is 7.11 Å². The Balaban J connectivity index is 3.01. The number of methoxy groups -OCH3 is 2. The quantitative estimate of drug-likeness (QED) is 0.794. The predicted octanol–water partition coefficient (Wildman–Crippen LogP) is 2.48. The van der Waals surface area contributed by atoms with Crippen molar-refractivity contribution in [1.82, 2.24) is 0 Å². The van der Waals surface area contributed by atoms with Crippen molar-refractivity contribution in [2.75, 3.05) is 14.2 Å². The fourth-order valence-electron chi connectivity index (χ4n) is 1.31. The van der Waals surface area contributed by atoms with Crippen molar-refractivity contribution >= 4 is 21.9 Å². The van der Waals surface area contributed by atoms with Crippen LogP contribution in [0.5, 0.6) is 5.75 Å². The second kappa shape index (κ2) is 5.16. The minimum Gasteiger partial charge on any atom is -0.496 e. The Kier molecular flexibility index (Phi) is 4.15. The summed E-state index contributed by atoms with van der Waals surface area (Å²) in [7, 11) is 3.00. The fourth-order valence-corrected chi connectivity index (χ4v) is 1.78. The highest BCUT2D eigenvalue weighted by Gasteiger charge is 2.11. The van der Waals surface area contributed by atoms with E-state index in [1.165, 1.54) is 7.11 Å². The molecule has 0 saturated heterocycles. The topological polar surface area (TPSA) is 35.5 Å². The van der Waals surface area contributed by atoms with E-state index in [0.717, 1.165) is 21.3 Å². The largest absolute Gasteiger partial charge is 0.496 e. The zero-order valence-corrected chi connectivity index (χ0v) is 10.6. The van der Waals surface area contributed by atoms with Crippen LogP contribution in [0, 0.1) is 6.92 Å². The van der Waals surface area contributed by atoms with Crippen LogP contribution < -0.4 is 4.74 Å². The lowest BCUT2D eigenvalue weighted by Gasteiger charge is -2.10. The maximum Gasteiger partial charge on any atom is 0.310 e. The Morgan fingerprint density at radius 3 is 2.60 bits per heavy atom. The van der Waals surface area contributed by atoms with Gasteiger partial charge in [-0.2, -0.15) is 0 Å². The molecule has 0 aliphatic carbocycles. The number of halogens is 1. The van der Waals surface area contributed by atoms with Gasteiger partial charge in [-0.1, -0.05) is 22.0 Å². The molecule has 0 bridgehead atoms. The van der Waals surface area contributed by atoms with E-state index in [4.69, 9.17) is 4.74 Å². The van der Waals surface area contributed by atoms with Crippen LogP contribution in [0.3, 0.4) is 0 Å². The van der Waals surface area contributed by atoms with Crippen LogP contribution in [0.1, 0.15) is 11.1 Å². The van der Waals surface area contributed by atoms with Gasteiger partial charge in [0.2, 0.25) is 0 Å². The number of rotatable bonds is 3. The molecule has 0 amide bonds. The highest BCUT2D eigenvalue weighted by molar-refractivity contribution is 9.10. The van der Waals surface area contributed by atoms with Gasteiger partial charge in [0, 0.05) is 10.0 Å². The minimum absolute atomic E-state index is 0.250. The number of carbonyl (C=O) groups is 1. The van der Waals surface area contributed by atoms with E-state index in [2.05, 4.69) is 20.7 Å². The zero-order chi connectivity index (χ0) is 11.4. The van der Waals surface area contributed by atoms with Crippen LogP contribution in [0.4, 0.5) is 0 Å². The molecule has 1 rings (SSSR count). The standard InChI is InChI=1S/C11H13BrO3/c1-7-9(14-2)5-4-8(11(7)12)6-10(13)15-3/h4-5H,6H2,1-3H3. The molecule has 0 saturated carbocycles. The number of carbonyl (C=O) groups excluding carboxylic acids is 1. The maximum atomic E-state index is 11.1. The average molecular weight is 273 g/mol. The monoisotopic (exact) mass is 272 g/mol. The van der Waals surface area contributed by atoms with Crippen molar-refractivity contribution in [3.05, 3.63) is 27.7 Å². The van der Waals surface area contributed by atoms with Crippen molar-refractivity contribution in [1.29, 1.82) is 0 Å². The SMILES string of the molecule is COC(=O)Cc1ccc(OC)c(C)c1Br. The summed E-state index contributed by atoms with van der Waals surface area (Å²) >= 11 is 3.44. The van der Waals surface area contributed by atoms with Gasteiger partial charge >= 0.3 is 5.97 Å². The third-order valence-electron chi connectivity index (χ3n) is 2.20. The lowest BCUT2D eigenvalue weighted by Crippen LogP contribution is -2.05. The van der Waals surface area contributed by atoms with E-state index < -0.39 is 0 Å². The van der Waals surface area contributed by atoms with Crippen LogP contribution in [0.2, 0.25) is 0 Å². The lowest BCUT2D eigenvalue weighted by molar-refractivity contribution is -0.139. The van der Waals surface area contributed by atoms with Gasteiger partial charge in [-0.25, -0.2) is 0 Å². The Labute approximate surface area is 97.5 Å². The van der Waals surface area contributed by atoms with E-state index in [1.807, 2.05) is 19.1 Å². The summed E-state index contributed by atoms with van der Waals surface area (Å²) in [4.78, 5) is 11.1. The van der Waals surface area contributed by atoms with Gasteiger partial charge in [0.1, 0.15) is 5.75 Å². The molecule has 0 atom stereocenters. The Hall–Kier alpha value is -1.03. The van der Waals surface area contributed by atoms with Gasteiger partial charge in [0.05, 0.1) is 20.6 Å². The summed E-state index contributed by atoms with van der Waals surface area (Å²) < 4.78 is 10.7. The van der Waals surface area contributed by atoms with Gasteiger partial charge in [-0.15, -0.1) is 0 Å². The summed E-state index contributed by atoms with van der Waals surface area (Å²) in [6.07, 6.45) is 0.266. The zero-order valence-electron chi connectivity index (χ0n) is 8.96. The molecule has 0 aromatic heterocycles. The first-order valence-corrected chi connectivity index (χ1v) is 5.28. The summed E-state index contributed by atoms with van der Waals surface area (Å²) in [6, 6.07) is 3.70. The molecule has 0 aliphatic heterocycles. The number of ether oxygens (including phenoxy) is 2. The first-order chi connectivity index (χ1) is 7.10. The van der Waals surface area contributed by atoms with Crippen molar-refractivity contribution in [3.8, 4) is 5.75 Å². The van der Waals surface area contributed by atoms with Crippen molar-refractivity contribution < 1.29 is 14.3 Å². The lowest BCUT2D eigenvalue weighted by atomic mass is 10.1. The summed E-state index contributed by atoms with van der Waals surface area (Å²) in [5.74, 6) is 0.552. The smallest absolute Gasteiger partial charge is 0.310 e. The van der Waals surface area contributed by atoms with Crippen molar-refractivity contribution in [2.24, 2.45) is 0 Å². The molecule has 0 N–H and O–H groups in total. The molecule has 0 radical (unpaired) electrons. The predicted molar refractivity (Wildman–Crippen MR) is 61.2 cm³/mol.